The molecule has 3 heterocycles. The Balaban J connectivity index is 1.75. The number of carbonyl (C=O) groups is 1. The highest BCUT2D eigenvalue weighted by Crippen LogP contribution is 2.27. The van der Waals surface area contributed by atoms with Crippen LogP contribution in [0.1, 0.15) is 12.8 Å². The molecule has 1 saturated heterocycles. The fourth-order valence-electron chi connectivity index (χ4n) is 3.08. The molecule has 2 aromatic heterocycles. The molecule has 1 N–H and O–H groups in total. The molecule has 0 amide bonds. The number of piperidine rings is 1. The first-order chi connectivity index (χ1) is 11.7. The number of rotatable bonds is 3. The molecule has 1 aromatic carbocycles. The van der Waals surface area contributed by atoms with Crippen LogP contribution in [0.25, 0.3) is 16.9 Å². The van der Waals surface area contributed by atoms with Gasteiger partial charge in [-0.25, -0.2) is 9.97 Å². The molecular formula is C16H16N6O2. The average molecular weight is 324 g/mol. The third-order valence-corrected chi connectivity index (χ3v) is 4.29. The van der Waals surface area contributed by atoms with Crippen LogP contribution in [0, 0.1) is 5.92 Å². The fourth-order valence-corrected chi connectivity index (χ4v) is 3.08. The lowest BCUT2D eigenvalue weighted by Crippen LogP contribution is -2.39. The maximum absolute atomic E-state index is 11.3. The first kappa shape index (κ1) is 14.6. The van der Waals surface area contributed by atoms with Gasteiger partial charge in [0.15, 0.2) is 17.0 Å². The number of carboxylic acid groups (broad SMARTS) is 1. The van der Waals surface area contributed by atoms with Crippen LogP contribution in [-0.2, 0) is 4.79 Å². The van der Waals surface area contributed by atoms with E-state index in [1.807, 2.05) is 35.2 Å². The Morgan fingerprint density at radius 3 is 2.83 bits per heavy atom. The Labute approximate surface area is 137 Å². The van der Waals surface area contributed by atoms with Gasteiger partial charge in [-0.2, -0.15) is 4.68 Å². The minimum atomic E-state index is -0.766. The number of carboxylic acids is 1. The second kappa shape index (κ2) is 5.88. The molecule has 24 heavy (non-hydrogen) atoms. The summed E-state index contributed by atoms with van der Waals surface area (Å²) in [5.74, 6) is -0.501. The zero-order valence-corrected chi connectivity index (χ0v) is 12.9. The summed E-state index contributed by atoms with van der Waals surface area (Å²) in [6, 6.07) is 9.64. The summed E-state index contributed by atoms with van der Waals surface area (Å²) in [6.07, 6.45) is 2.98. The van der Waals surface area contributed by atoms with E-state index in [1.165, 1.54) is 6.33 Å². The minimum absolute atomic E-state index is 0.382. The van der Waals surface area contributed by atoms with Gasteiger partial charge < -0.3 is 10.0 Å². The van der Waals surface area contributed by atoms with Crippen LogP contribution in [0.4, 0.5) is 5.82 Å². The Hall–Kier alpha value is -3.03. The van der Waals surface area contributed by atoms with E-state index in [1.54, 1.807) is 4.68 Å². The van der Waals surface area contributed by atoms with Gasteiger partial charge in [0.05, 0.1) is 11.6 Å². The van der Waals surface area contributed by atoms with Gasteiger partial charge >= 0.3 is 5.97 Å². The molecule has 8 nitrogen and oxygen atoms in total. The largest absolute Gasteiger partial charge is 0.481 e. The summed E-state index contributed by atoms with van der Waals surface area (Å²) >= 11 is 0. The number of aromatic nitrogens is 5. The Bertz CT molecular complexity index is 879. The van der Waals surface area contributed by atoms with E-state index < -0.39 is 5.97 Å². The average Bonchev–Trinajstić information content (AvgIpc) is 3.06. The third kappa shape index (κ3) is 2.45. The SMILES string of the molecule is O=C(O)C1CCCN(c2ncnc3c2nnn3-c2ccccc2)C1. The molecule has 1 atom stereocenters. The zero-order valence-electron chi connectivity index (χ0n) is 12.9. The first-order valence-corrected chi connectivity index (χ1v) is 7.83. The number of para-hydroxylation sites is 1. The van der Waals surface area contributed by atoms with Gasteiger partial charge in [0.2, 0.25) is 0 Å². The van der Waals surface area contributed by atoms with Crippen molar-refractivity contribution in [1.29, 1.82) is 0 Å². The van der Waals surface area contributed by atoms with Gasteiger partial charge in [-0.1, -0.05) is 23.4 Å². The van der Waals surface area contributed by atoms with Crippen molar-refractivity contribution in [3.8, 4) is 5.69 Å². The number of anilines is 1. The molecule has 0 saturated carbocycles. The minimum Gasteiger partial charge on any atom is -0.481 e. The maximum atomic E-state index is 11.3. The van der Waals surface area contributed by atoms with Gasteiger partial charge in [0.25, 0.3) is 0 Å². The van der Waals surface area contributed by atoms with Crippen molar-refractivity contribution < 1.29 is 9.90 Å². The molecule has 1 aliphatic heterocycles. The maximum Gasteiger partial charge on any atom is 0.308 e. The lowest BCUT2D eigenvalue weighted by atomic mass is 9.98. The van der Waals surface area contributed by atoms with Crippen LogP contribution in [0.3, 0.4) is 0 Å². The van der Waals surface area contributed by atoms with E-state index in [2.05, 4.69) is 20.3 Å². The van der Waals surface area contributed by atoms with Crippen LogP contribution >= 0.6 is 0 Å². The Morgan fingerprint density at radius 2 is 2.04 bits per heavy atom. The van der Waals surface area contributed by atoms with E-state index in [0.717, 1.165) is 18.7 Å². The van der Waals surface area contributed by atoms with E-state index >= 15 is 0 Å². The van der Waals surface area contributed by atoms with Crippen molar-refractivity contribution in [3.05, 3.63) is 36.7 Å². The summed E-state index contributed by atoms with van der Waals surface area (Å²) in [5.41, 5.74) is 2.07. The van der Waals surface area contributed by atoms with Crippen molar-refractivity contribution in [3.63, 3.8) is 0 Å². The lowest BCUT2D eigenvalue weighted by Gasteiger charge is -2.31. The first-order valence-electron chi connectivity index (χ1n) is 7.83. The quantitative estimate of drug-likeness (QED) is 0.780. The van der Waals surface area contributed by atoms with Gasteiger partial charge in [-0.05, 0) is 25.0 Å². The van der Waals surface area contributed by atoms with Crippen LogP contribution in [-0.4, -0.2) is 49.1 Å². The lowest BCUT2D eigenvalue weighted by molar-refractivity contribution is -0.141. The molecule has 8 heteroatoms. The summed E-state index contributed by atoms with van der Waals surface area (Å²) in [6.45, 7) is 1.19. The molecule has 0 spiro atoms. The van der Waals surface area contributed by atoms with Crippen molar-refractivity contribution in [2.75, 3.05) is 18.0 Å². The molecule has 1 aliphatic rings. The second-order valence-corrected chi connectivity index (χ2v) is 5.83. The highest BCUT2D eigenvalue weighted by atomic mass is 16.4. The predicted octanol–water partition coefficient (Wildman–Crippen LogP) is 1.51. The van der Waals surface area contributed by atoms with Gasteiger partial charge in [0, 0.05) is 13.1 Å². The van der Waals surface area contributed by atoms with Crippen LogP contribution < -0.4 is 4.90 Å². The summed E-state index contributed by atoms with van der Waals surface area (Å²) in [4.78, 5) is 21.9. The second-order valence-electron chi connectivity index (χ2n) is 5.83. The van der Waals surface area contributed by atoms with Crippen molar-refractivity contribution >= 4 is 23.0 Å². The highest BCUT2D eigenvalue weighted by molar-refractivity contribution is 5.84. The molecule has 122 valence electrons. The molecule has 1 unspecified atom stereocenters. The van der Waals surface area contributed by atoms with Crippen molar-refractivity contribution in [1.82, 2.24) is 25.0 Å². The van der Waals surface area contributed by atoms with E-state index in [9.17, 15) is 9.90 Å². The monoisotopic (exact) mass is 324 g/mol. The molecule has 0 radical (unpaired) electrons. The summed E-state index contributed by atoms with van der Waals surface area (Å²) < 4.78 is 1.67. The molecular weight excluding hydrogens is 308 g/mol. The number of hydrogen-bond acceptors (Lipinski definition) is 6. The smallest absolute Gasteiger partial charge is 0.308 e. The topological polar surface area (TPSA) is 97.0 Å². The van der Waals surface area contributed by atoms with Crippen molar-refractivity contribution in [2.45, 2.75) is 12.8 Å². The molecule has 0 bridgehead atoms. The summed E-state index contributed by atoms with van der Waals surface area (Å²) in [5, 5.41) is 17.7. The van der Waals surface area contributed by atoms with E-state index in [4.69, 9.17) is 0 Å². The third-order valence-electron chi connectivity index (χ3n) is 4.29. The standard InChI is InChI=1S/C16H16N6O2/c23-16(24)11-5-4-8-21(9-11)14-13-15(18-10-17-14)22(20-19-13)12-6-2-1-3-7-12/h1-3,6-7,10-11H,4-5,8-9H2,(H,23,24). The van der Waals surface area contributed by atoms with Crippen molar-refractivity contribution in [2.24, 2.45) is 5.92 Å². The van der Waals surface area contributed by atoms with Gasteiger partial charge in [-0.15, -0.1) is 5.10 Å². The predicted molar refractivity (Wildman–Crippen MR) is 87.0 cm³/mol. The molecule has 4 rings (SSSR count). The molecule has 3 aromatic rings. The molecule has 0 aliphatic carbocycles. The highest BCUT2D eigenvalue weighted by Gasteiger charge is 2.28. The van der Waals surface area contributed by atoms with Crippen LogP contribution in [0.2, 0.25) is 0 Å². The Morgan fingerprint density at radius 1 is 1.21 bits per heavy atom. The Kier molecular flexibility index (Phi) is 3.56. The number of aliphatic carboxylic acids is 1. The summed E-state index contributed by atoms with van der Waals surface area (Å²) in [7, 11) is 0. The number of nitrogens with zero attached hydrogens (tertiary/aromatic N) is 6. The van der Waals surface area contributed by atoms with Crippen LogP contribution in [0.5, 0.6) is 0 Å². The number of fused-ring (bicyclic) bond motifs is 1. The van der Waals surface area contributed by atoms with Gasteiger partial charge in [-0.3, -0.25) is 4.79 Å². The number of benzene rings is 1. The number of hydrogen-bond donors (Lipinski definition) is 1. The normalized spacial score (nSPS) is 18.0. The van der Waals surface area contributed by atoms with Gasteiger partial charge in [0.1, 0.15) is 6.33 Å². The fraction of sp³-hybridized carbons (Fsp3) is 0.312. The van der Waals surface area contributed by atoms with Crippen LogP contribution in [0.15, 0.2) is 36.7 Å². The zero-order chi connectivity index (χ0) is 16.5. The van der Waals surface area contributed by atoms with E-state index in [0.29, 0.717) is 29.9 Å². The van der Waals surface area contributed by atoms with E-state index in [-0.39, 0.29) is 5.92 Å². The molecule has 1 fully saturated rings.